The average Bonchev–Trinajstić information content (AvgIpc) is 2.74. The minimum Gasteiger partial charge on any atom is -0.318 e. The Morgan fingerprint density at radius 2 is 1.68 bits per heavy atom. The summed E-state index contributed by atoms with van der Waals surface area (Å²) in [6, 6.07) is 0.831. The van der Waals surface area contributed by atoms with Crippen molar-refractivity contribution in [3.63, 3.8) is 0 Å². The zero-order valence-corrected chi connectivity index (χ0v) is 12.5. The number of likely N-dealkylation sites (tertiary alicyclic amines) is 1. The van der Waals surface area contributed by atoms with Crippen molar-refractivity contribution in [3.8, 4) is 0 Å². The maximum absolute atomic E-state index is 3.41. The molecule has 0 aromatic rings. The Labute approximate surface area is 118 Å². The number of hydrogen-bond acceptors (Lipinski definition) is 2. The van der Waals surface area contributed by atoms with E-state index in [-0.39, 0.29) is 0 Å². The van der Waals surface area contributed by atoms with Gasteiger partial charge in [0.25, 0.3) is 0 Å². The lowest BCUT2D eigenvalue weighted by Crippen LogP contribution is -2.52. The van der Waals surface area contributed by atoms with Crippen LogP contribution in [0.15, 0.2) is 0 Å². The molecule has 0 radical (unpaired) electrons. The van der Waals surface area contributed by atoms with E-state index in [0.717, 1.165) is 29.2 Å². The lowest BCUT2D eigenvalue weighted by molar-refractivity contribution is -0.0705. The van der Waals surface area contributed by atoms with E-state index < -0.39 is 0 Å². The van der Waals surface area contributed by atoms with E-state index in [9.17, 15) is 0 Å². The highest BCUT2D eigenvalue weighted by molar-refractivity contribution is 5.03. The maximum atomic E-state index is 3.41. The van der Waals surface area contributed by atoms with Crippen molar-refractivity contribution in [3.05, 3.63) is 0 Å². The highest BCUT2D eigenvalue weighted by Crippen LogP contribution is 2.60. The van der Waals surface area contributed by atoms with Gasteiger partial charge in [-0.15, -0.1) is 0 Å². The van der Waals surface area contributed by atoms with Crippen LogP contribution in [0.4, 0.5) is 0 Å². The fraction of sp³-hybridized carbons (Fsp3) is 1.00. The van der Waals surface area contributed by atoms with Gasteiger partial charge in [-0.1, -0.05) is 0 Å². The van der Waals surface area contributed by atoms with Gasteiger partial charge in [0, 0.05) is 19.1 Å². The lowest BCUT2D eigenvalue weighted by atomic mass is 9.49. The molecule has 1 N–H and O–H groups in total. The molecule has 5 fully saturated rings. The normalized spacial score (nSPS) is 49.1. The first-order chi connectivity index (χ1) is 9.26. The molecule has 2 heteroatoms. The summed E-state index contributed by atoms with van der Waals surface area (Å²) < 4.78 is 0. The standard InChI is InChI=1S/C17H30N2/c1-18-11-16-3-2-4-19(16)12-17-8-13-5-14(9-17)7-15(6-13)10-17/h13-16,18H,2-12H2,1H3. The van der Waals surface area contributed by atoms with Gasteiger partial charge in [0.1, 0.15) is 0 Å². The first kappa shape index (κ1) is 12.6. The number of nitrogens with zero attached hydrogens (tertiary/aromatic N) is 1. The molecule has 0 amide bonds. The highest BCUT2D eigenvalue weighted by atomic mass is 15.2. The second kappa shape index (κ2) is 4.73. The van der Waals surface area contributed by atoms with Crippen LogP contribution >= 0.6 is 0 Å². The summed E-state index contributed by atoms with van der Waals surface area (Å²) in [5, 5.41) is 3.41. The van der Waals surface area contributed by atoms with Crippen LogP contribution in [0.5, 0.6) is 0 Å². The molecule has 108 valence electrons. The molecule has 19 heavy (non-hydrogen) atoms. The van der Waals surface area contributed by atoms with E-state index in [4.69, 9.17) is 0 Å². The zero-order chi connectivity index (χ0) is 12.9. The van der Waals surface area contributed by atoms with Crippen LogP contribution in [-0.4, -0.2) is 37.6 Å². The molecule has 4 aliphatic carbocycles. The lowest BCUT2D eigenvalue weighted by Gasteiger charge is -2.58. The molecule has 0 spiro atoms. The molecular formula is C17H30N2. The smallest absolute Gasteiger partial charge is 0.0221 e. The molecule has 1 aliphatic heterocycles. The van der Waals surface area contributed by atoms with Crippen molar-refractivity contribution in [2.24, 2.45) is 23.2 Å². The third-order valence-corrected chi connectivity index (χ3v) is 6.64. The molecule has 2 nitrogen and oxygen atoms in total. The van der Waals surface area contributed by atoms with Gasteiger partial charge in [0.05, 0.1) is 0 Å². The summed E-state index contributed by atoms with van der Waals surface area (Å²) in [5.74, 6) is 3.32. The molecule has 4 saturated carbocycles. The minimum absolute atomic E-state index is 0.741. The predicted octanol–water partition coefficient (Wildman–Crippen LogP) is 2.89. The molecule has 5 rings (SSSR count). The summed E-state index contributed by atoms with van der Waals surface area (Å²) in [5.41, 5.74) is 0.741. The van der Waals surface area contributed by atoms with E-state index in [1.807, 2.05) is 0 Å². The van der Waals surface area contributed by atoms with Gasteiger partial charge in [-0.2, -0.15) is 0 Å². The Hall–Kier alpha value is -0.0800. The van der Waals surface area contributed by atoms with Crippen LogP contribution < -0.4 is 5.32 Å². The summed E-state index contributed by atoms with van der Waals surface area (Å²) in [4.78, 5) is 2.85. The number of nitrogens with one attached hydrogen (secondary N) is 1. The Kier molecular flexibility index (Phi) is 3.15. The molecule has 1 unspecified atom stereocenters. The molecule has 5 aliphatic rings. The zero-order valence-electron chi connectivity index (χ0n) is 12.5. The Morgan fingerprint density at radius 1 is 1.05 bits per heavy atom. The molecule has 0 aromatic heterocycles. The summed E-state index contributed by atoms with van der Waals surface area (Å²) in [6.45, 7) is 4.00. The van der Waals surface area contributed by atoms with Crippen molar-refractivity contribution in [1.29, 1.82) is 0 Å². The van der Waals surface area contributed by atoms with Gasteiger partial charge in [-0.05, 0) is 88.1 Å². The Bertz CT molecular complexity index is 303. The van der Waals surface area contributed by atoms with Crippen molar-refractivity contribution in [2.45, 2.75) is 57.4 Å². The maximum Gasteiger partial charge on any atom is 0.0221 e. The third kappa shape index (κ3) is 2.25. The summed E-state index contributed by atoms with van der Waals surface area (Å²) >= 11 is 0. The van der Waals surface area contributed by atoms with Gasteiger partial charge in [-0.3, -0.25) is 4.90 Å². The first-order valence-electron chi connectivity index (χ1n) is 8.65. The van der Waals surface area contributed by atoms with E-state index in [1.165, 1.54) is 32.5 Å². The number of hydrogen-bond donors (Lipinski definition) is 1. The largest absolute Gasteiger partial charge is 0.318 e. The SMILES string of the molecule is CNCC1CCCN1CC12CC3CC(CC(C3)C1)C2. The molecule has 1 saturated heterocycles. The van der Waals surface area contributed by atoms with Crippen molar-refractivity contribution in [1.82, 2.24) is 10.2 Å². The van der Waals surface area contributed by atoms with E-state index in [0.29, 0.717) is 0 Å². The van der Waals surface area contributed by atoms with Crippen LogP contribution in [0.25, 0.3) is 0 Å². The van der Waals surface area contributed by atoms with Crippen LogP contribution in [0, 0.1) is 23.2 Å². The van der Waals surface area contributed by atoms with Crippen LogP contribution in [0.1, 0.15) is 51.4 Å². The van der Waals surface area contributed by atoms with Crippen LogP contribution in [0.2, 0.25) is 0 Å². The predicted molar refractivity (Wildman–Crippen MR) is 79.1 cm³/mol. The van der Waals surface area contributed by atoms with Crippen molar-refractivity contribution < 1.29 is 0 Å². The number of likely N-dealkylation sites (N-methyl/N-ethyl adjacent to an activating group) is 1. The van der Waals surface area contributed by atoms with Gasteiger partial charge in [0.2, 0.25) is 0 Å². The Morgan fingerprint density at radius 3 is 2.26 bits per heavy atom. The molecule has 4 bridgehead atoms. The first-order valence-corrected chi connectivity index (χ1v) is 8.65. The highest BCUT2D eigenvalue weighted by Gasteiger charge is 2.51. The van der Waals surface area contributed by atoms with E-state index in [2.05, 4.69) is 17.3 Å². The van der Waals surface area contributed by atoms with Gasteiger partial charge in [0.15, 0.2) is 0 Å². The topological polar surface area (TPSA) is 15.3 Å². The van der Waals surface area contributed by atoms with Gasteiger partial charge < -0.3 is 5.32 Å². The Balaban J connectivity index is 1.47. The molecular weight excluding hydrogens is 232 g/mol. The average molecular weight is 262 g/mol. The van der Waals surface area contributed by atoms with E-state index >= 15 is 0 Å². The van der Waals surface area contributed by atoms with Gasteiger partial charge >= 0.3 is 0 Å². The van der Waals surface area contributed by atoms with Crippen LogP contribution in [0.3, 0.4) is 0 Å². The second-order valence-electron chi connectivity index (χ2n) is 8.24. The van der Waals surface area contributed by atoms with Crippen molar-refractivity contribution in [2.75, 3.05) is 26.7 Å². The molecule has 1 heterocycles. The number of rotatable bonds is 4. The minimum atomic E-state index is 0.741. The molecule has 1 atom stereocenters. The summed E-state index contributed by atoms with van der Waals surface area (Å²) in [7, 11) is 2.11. The van der Waals surface area contributed by atoms with E-state index in [1.54, 1.807) is 38.5 Å². The third-order valence-electron chi connectivity index (χ3n) is 6.64. The molecule has 0 aromatic carbocycles. The quantitative estimate of drug-likeness (QED) is 0.838. The second-order valence-corrected chi connectivity index (χ2v) is 8.24. The fourth-order valence-corrected chi connectivity index (χ4v) is 6.48. The monoisotopic (exact) mass is 262 g/mol. The summed E-state index contributed by atoms with van der Waals surface area (Å²) in [6.07, 6.45) is 12.3. The van der Waals surface area contributed by atoms with Crippen LogP contribution in [-0.2, 0) is 0 Å². The fourth-order valence-electron chi connectivity index (χ4n) is 6.48. The van der Waals surface area contributed by atoms with Gasteiger partial charge in [-0.25, -0.2) is 0 Å². The van der Waals surface area contributed by atoms with Crippen molar-refractivity contribution >= 4 is 0 Å².